The number of carbonyl (C=O) groups excluding carboxylic acids is 2. The lowest BCUT2D eigenvalue weighted by molar-refractivity contribution is -0.131. The Morgan fingerprint density at radius 3 is 2.64 bits per heavy atom. The minimum absolute atomic E-state index is 0.0355. The number of halogens is 2. The van der Waals surface area contributed by atoms with Gasteiger partial charge in [-0.1, -0.05) is 29.3 Å². The minimum atomic E-state index is -0.226. The predicted octanol–water partition coefficient (Wildman–Crippen LogP) is 4.02. The fraction of sp³-hybridized carbons (Fsp3) is 0.333. The highest BCUT2D eigenvalue weighted by Gasteiger charge is 2.25. The summed E-state index contributed by atoms with van der Waals surface area (Å²) in [4.78, 5) is 27.6. The van der Waals surface area contributed by atoms with Crippen LogP contribution in [0.15, 0.2) is 35.7 Å². The maximum Gasteiger partial charge on any atom is 0.253 e. The Bertz CT molecular complexity index is 756. The van der Waals surface area contributed by atoms with Crippen molar-refractivity contribution in [2.45, 2.75) is 25.3 Å². The number of piperidine rings is 1. The van der Waals surface area contributed by atoms with E-state index in [1.807, 2.05) is 22.4 Å². The molecule has 1 saturated heterocycles. The molecule has 4 nitrogen and oxygen atoms in total. The molecule has 0 spiro atoms. The van der Waals surface area contributed by atoms with Crippen molar-refractivity contribution in [3.05, 3.63) is 56.2 Å². The zero-order valence-corrected chi connectivity index (χ0v) is 15.8. The Morgan fingerprint density at radius 2 is 1.96 bits per heavy atom. The van der Waals surface area contributed by atoms with E-state index in [0.29, 0.717) is 35.1 Å². The number of rotatable bonds is 4. The average Bonchev–Trinajstić information content (AvgIpc) is 3.10. The summed E-state index contributed by atoms with van der Waals surface area (Å²) in [6.07, 6.45) is 1.92. The first-order chi connectivity index (χ1) is 12.0. The van der Waals surface area contributed by atoms with Crippen molar-refractivity contribution in [2.75, 3.05) is 13.1 Å². The molecule has 2 amide bonds. The van der Waals surface area contributed by atoms with Crippen molar-refractivity contribution in [3.8, 4) is 0 Å². The number of benzene rings is 1. The molecule has 0 unspecified atom stereocenters. The number of thiophene rings is 1. The van der Waals surface area contributed by atoms with Gasteiger partial charge in [-0.25, -0.2) is 0 Å². The molecule has 25 heavy (non-hydrogen) atoms. The number of hydrogen-bond acceptors (Lipinski definition) is 3. The highest BCUT2D eigenvalue weighted by Crippen LogP contribution is 2.21. The molecule has 2 heterocycles. The second-order valence-electron chi connectivity index (χ2n) is 6.01. The van der Waals surface area contributed by atoms with Gasteiger partial charge in [0.05, 0.1) is 17.0 Å². The Hall–Kier alpha value is -1.56. The molecular weight excluding hydrogens is 379 g/mol. The van der Waals surface area contributed by atoms with E-state index in [-0.39, 0.29) is 17.9 Å². The largest absolute Gasteiger partial charge is 0.349 e. The van der Waals surface area contributed by atoms with Gasteiger partial charge in [0.2, 0.25) is 5.91 Å². The van der Waals surface area contributed by atoms with Gasteiger partial charge in [-0.3, -0.25) is 9.59 Å². The van der Waals surface area contributed by atoms with Crippen LogP contribution < -0.4 is 5.32 Å². The smallest absolute Gasteiger partial charge is 0.253 e. The quantitative estimate of drug-likeness (QED) is 0.847. The summed E-state index contributed by atoms with van der Waals surface area (Å²) in [7, 11) is 0. The van der Waals surface area contributed by atoms with Crippen LogP contribution in [0.1, 0.15) is 28.1 Å². The third-order valence-electron chi connectivity index (χ3n) is 4.26. The van der Waals surface area contributed by atoms with Gasteiger partial charge in [-0.05, 0) is 42.5 Å². The standard InChI is InChI=1S/C18H18Cl2N2O2S/c19-12-3-4-16(20)15(10-12)18(24)21-13-5-7-22(8-6-13)17(23)11-14-2-1-9-25-14/h1-4,9-10,13H,5-8,11H2,(H,21,24). The molecular formula is C18H18Cl2N2O2S. The Kier molecular flexibility index (Phi) is 5.99. The number of likely N-dealkylation sites (tertiary alicyclic amines) is 1. The molecule has 0 aliphatic carbocycles. The van der Waals surface area contributed by atoms with Crippen LogP contribution >= 0.6 is 34.5 Å². The van der Waals surface area contributed by atoms with E-state index < -0.39 is 0 Å². The van der Waals surface area contributed by atoms with E-state index in [0.717, 1.165) is 17.7 Å². The van der Waals surface area contributed by atoms with Gasteiger partial charge in [-0.2, -0.15) is 0 Å². The van der Waals surface area contributed by atoms with Crippen molar-refractivity contribution in [2.24, 2.45) is 0 Å². The van der Waals surface area contributed by atoms with E-state index in [1.165, 1.54) is 0 Å². The van der Waals surface area contributed by atoms with Crippen LogP contribution in [0.3, 0.4) is 0 Å². The summed E-state index contributed by atoms with van der Waals surface area (Å²) < 4.78 is 0. The van der Waals surface area contributed by atoms with E-state index >= 15 is 0 Å². The summed E-state index contributed by atoms with van der Waals surface area (Å²) in [6, 6.07) is 8.80. The first kappa shape index (κ1) is 18.2. The second kappa shape index (κ2) is 8.21. The molecule has 1 aliphatic rings. The van der Waals surface area contributed by atoms with Crippen LogP contribution in [0, 0.1) is 0 Å². The first-order valence-corrected chi connectivity index (χ1v) is 9.72. The monoisotopic (exact) mass is 396 g/mol. The van der Waals surface area contributed by atoms with E-state index in [1.54, 1.807) is 29.5 Å². The van der Waals surface area contributed by atoms with Crippen molar-refractivity contribution in [3.63, 3.8) is 0 Å². The highest BCUT2D eigenvalue weighted by molar-refractivity contribution is 7.10. The Balaban J connectivity index is 1.51. The van der Waals surface area contributed by atoms with Gasteiger partial charge < -0.3 is 10.2 Å². The maximum atomic E-state index is 12.4. The summed E-state index contributed by atoms with van der Waals surface area (Å²) in [5.41, 5.74) is 0.380. The molecule has 1 N–H and O–H groups in total. The third-order valence-corrected chi connectivity index (χ3v) is 5.70. The molecule has 0 atom stereocenters. The number of carbonyl (C=O) groups is 2. The molecule has 1 aromatic carbocycles. The van der Waals surface area contributed by atoms with Crippen molar-refractivity contribution < 1.29 is 9.59 Å². The Morgan fingerprint density at radius 1 is 1.20 bits per heavy atom. The average molecular weight is 397 g/mol. The zero-order valence-electron chi connectivity index (χ0n) is 13.5. The summed E-state index contributed by atoms with van der Waals surface area (Å²) in [5.74, 6) is -0.0824. The molecule has 132 valence electrons. The van der Waals surface area contributed by atoms with Crippen LogP contribution in [-0.2, 0) is 11.2 Å². The van der Waals surface area contributed by atoms with Crippen LogP contribution in [0.4, 0.5) is 0 Å². The summed E-state index contributed by atoms with van der Waals surface area (Å²) >= 11 is 13.6. The van der Waals surface area contributed by atoms with Gasteiger partial charge in [-0.15, -0.1) is 11.3 Å². The summed E-state index contributed by atoms with van der Waals surface area (Å²) in [6.45, 7) is 1.30. The van der Waals surface area contributed by atoms with E-state index in [9.17, 15) is 9.59 Å². The van der Waals surface area contributed by atoms with Gasteiger partial charge >= 0.3 is 0 Å². The minimum Gasteiger partial charge on any atom is -0.349 e. The van der Waals surface area contributed by atoms with Crippen LogP contribution in [0.5, 0.6) is 0 Å². The second-order valence-corrected chi connectivity index (χ2v) is 7.88. The van der Waals surface area contributed by atoms with Crippen molar-refractivity contribution >= 4 is 46.4 Å². The molecule has 0 radical (unpaired) electrons. The van der Waals surface area contributed by atoms with Gasteiger partial charge in [0, 0.05) is 29.0 Å². The lowest BCUT2D eigenvalue weighted by atomic mass is 10.0. The number of nitrogens with one attached hydrogen (secondary N) is 1. The fourth-order valence-electron chi connectivity index (χ4n) is 2.88. The topological polar surface area (TPSA) is 49.4 Å². The SMILES string of the molecule is O=C(NC1CCN(C(=O)Cc2cccs2)CC1)c1cc(Cl)ccc1Cl. The molecule has 2 aromatic rings. The van der Waals surface area contributed by atoms with Gasteiger partial charge in [0.25, 0.3) is 5.91 Å². The lowest BCUT2D eigenvalue weighted by Crippen LogP contribution is -2.47. The number of nitrogens with zero attached hydrogens (tertiary/aromatic N) is 1. The van der Waals surface area contributed by atoms with Crippen LogP contribution in [-0.4, -0.2) is 35.8 Å². The summed E-state index contributed by atoms with van der Waals surface area (Å²) in [5, 5.41) is 5.82. The van der Waals surface area contributed by atoms with Crippen molar-refractivity contribution in [1.82, 2.24) is 10.2 Å². The molecule has 7 heteroatoms. The predicted molar refractivity (Wildman–Crippen MR) is 102 cm³/mol. The van der Waals surface area contributed by atoms with Gasteiger partial charge in [0.15, 0.2) is 0 Å². The zero-order chi connectivity index (χ0) is 17.8. The molecule has 3 rings (SSSR count). The van der Waals surface area contributed by atoms with Crippen molar-refractivity contribution in [1.29, 1.82) is 0 Å². The molecule has 0 saturated carbocycles. The number of hydrogen-bond donors (Lipinski definition) is 1. The Labute approximate surface area is 160 Å². The van der Waals surface area contributed by atoms with Crippen LogP contribution in [0.25, 0.3) is 0 Å². The third kappa shape index (κ3) is 4.75. The fourth-order valence-corrected chi connectivity index (χ4v) is 3.95. The number of amides is 2. The highest BCUT2D eigenvalue weighted by atomic mass is 35.5. The molecule has 1 aliphatic heterocycles. The maximum absolute atomic E-state index is 12.4. The van der Waals surface area contributed by atoms with Crippen LogP contribution in [0.2, 0.25) is 10.0 Å². The van der Waals surface area contributed by atoms with E-state index in [2.05, 4.69) is 5.32 Å². The molecule has 0 bridgehead atoms. The normalized spacial score (nSPS) is 15.2. The molecule has 1 aromatic heterocycles. The van der Waals surface area contributed by atoms with Gasteiger partial charge in [0.1, 0.15) is 0 Å². The van der Waals surface area contributed by atoms with E-state index in [4.69, 9.17) is 23.2 Å². The molecule has 1 fully saturated rings. The first-order valence-electron chi connectivity index (χ1n) is 8.09. The lowest BCUT2D eigenvalue weighted by Gasteiger charge is -2.32.